The Labute approximate surface area is 106 Å². The minimum Gasteiger partial charge on any atom is -0.367 e. The van der Waals surface area contributed by atoms with Gasteiger partial charge in [0.2, 0.25) is 5.88 Å². The molecule has 2 aromatic heterocycles. The molecule has 0 atom stereocenters. The first-order valence-corrected chi connectivity index (χ1v) is 5.36. The Morgan fingerprint density at radius 1 is 1.26 bits per heavy atom. The number of benzene rings is 1. The van der Waals surface area contributed by atoms with Gasteiger partial charge in [-0.2, -0.15) is 5.10 Å². The number of halogens is 2. The first-order chi connectivity index (χ1) is 9.16. The number of aromatic amines is 1. The zero-order valence-electron chi connectivity index (χ0n) is 9.52. The summed E-state index contributed by atoms with van der Waals surface area (Å²) in [5, 5.41) is 10.2. The normalized spacial score (nSPS) is 10.8. The second kappa shape index (κ2) is 4.20. The van der Waals surface area contributed by atoms with Crippen molar-refractivity contribution in [1.29, 1.82) is 0 Å². The highest BCUT2D eigenvalue weighted by atomic mass is 19.1. The minimum absolute atomic E-state index is 0.0401. The van der Waals surface area contributed by atoms with Gasteiger partial charge in [-0.15, -0.1) is 0 Å². The van der Waals surface area contributed by atoms with Crippen molar-refractivity contribution in [2.24, 2.45) is 0 Å². The average molecular weight is 262 g/mol. The van der Waals surface area contributed by atoms with E-state index >= 15 is 0 Å². The summed E-state index contributed by atoms with van der Waals surface area (Å²) in [6.07, 6.45) is 3.07. The molecule has 0 saturated carbocycles. The lowest BCUT2D eigenvalue weighted by atomic mass is 10.0. The van der Waals surface area contributed by atoms with E-state index in [0.29, 0.717) is 11.3 Å². The van der Waals surface area contributed by atoms with Crippen molar-refractivity contribution in [3.63, 3.8) is 0 Å². The van der Waals surface area contributed by atoms with Crippen LogP contribution in [0.4, 0.5) is 14.7 Å². The van der Waals surface area contributed by atoms with Crippen LogP contribution < -0.4 is 5.73 Å². The lowest BCUT2D eigenvalue weighted by molar-refractivity contribution is 0.439. The molecule has 0 amide bonds. The van der Waals surface area contributed by atoms with Gasteiger partial charge in [0.05, 0.1) is 11.8 Å². The molecule has 96 valence electrons. The lowest BCUT2D eigenvalue weighted by Crippen LogP contribution is -1.91. The van der Waals surface area contributed by atoms with Gasteiger partial charge in [-0.25, -0.2) is 8.78 Å². The predicted molar refractivity (Wildman–Crippen MR) is 63.8 cm³/mol. The summed E-state index contributed by atoms with van der Waals surface area (Å²) in [4.78, 5) is 0. The van der Waals surface area contributed by atoms with Crippen LogP contribution >= 0.6 is 0 Å². The van der Waals surface area contributed by atoms with E-state index < -0.39 is 11.6 Å². The third-order valence-corrected chi connectivity index (χ3v) is 2.69. The molecule has 0 spiro atoms. The van der Waals surface area contributed by atoms with Crippen molar-refractivity contribution in [3.8, 4) is 22.4 Å². The molecule has 5 nitrogen and oxygen atoms in total. The molecule has 0 aliphatic heterocycles. The van der Waals surface area contributed by atoms with Crippen LogP contribution in [0, 0.1) is 11.6 Å². The maximum Gasteiger partial charge on any atom is 0.230 e. The molecule has 0 unspecified atom stereocenters. The van der Waals surface area contributed by atoms with E-state index in [9.17, 15) is 8.78 Å². The van der Waals surface area contributed by atoms with E-state index in [1.807, 2.05) is 0 Å². The number of nitrogens with one attached hydrogen (secondary N) is 1. The number of anilines is 1. The lowest BCUT2D eigenvalue weighted by Gasteiger charge is -2.03. The maximum atomic E-state index is 13.8. The first kappa shape index (κ1) is 11.4. The molecule has 7 heteroatoms. The van der Waals surface area contributed by atoms with Crippen molar-refractivity contribution >= 4 is 5.88 Å². The van der Waals surface area contributed by atoms with E-state index in [1.54, 1.807) is 6.20 Å². The van der Waals surface area contributed by atoms with Gasteiger partial charge in [0, 0.05) is 23.4 Å². The number of rotatable bonds is 2. The van der Waals surface area contributed by atoms with Crippen LogP contribution in [0.1, 0.15) is 0 Å². The highest BCUT2D eigenvalue weighted by Crippen LogP contribution is 2.37. The van der Waals surface area contributed by atoms with Gasteiger partial charge < -0.3 is 10.3 Å². The average Bonchev–Trinajstić information content (AvgIpc) is 2.99. The third-order valence-electron chi connectivity index (χ3n) is 2.69. The van der Waals surface area contributed by atoms with E-state index in [-0.39, 0.29) is 17.0 Å². The van der Waals surface area contributed by atoms with Gasteiger partial charge in [-0.3, -0.25) is 5.10 Å². The SMILES string of the molecule is Nc1onc(-c2cn[nH]c2)c1-c1ccc(F)cc1F. The second-order valence-corrected chi connectivity index (χ2v) is 3.88. The van der Waals surface area contributed by atoms with Gasteiger partial charge in [0.25, 0.3) is 0 Å². The molecular weight excluding hydrogens is 254 g/mol. The first-order valence-electron chi connectivity index (χ1n) is 5.36. The van der Waals surface area contributed by atoms with Gasteiger partial charge in [-0.1, -0.05) is 5.16 Å². The Balaban J connectivity index is 2.22. The smallest absolute Gasteiger partial charge is 0.230 e. The molecule has 2 heterocycles. The highest BCUT2D eigenvalue weighted by Gasteiger charge is 2.21. The van der Waals surface area contributed by atoms with Gasteiger partial charge in [0.15, 0.2) is 0 Å². The van der Waals surface area contributed by atoms with Crippen LogP contribution in [0.15, 0.2) is 35.1 Å². The zero-order valence-corrected chi connectivity index (χ0v) is 9.52. The Morgan fingerprint density at radius 3 is 2.79 bits per heavy atom. The quantitative estimate of drug-likeness (QED) is 0.743. The summed E-state index contributed by atoms with van der Waals surface area (Å²) >= 11 is 0. The predicted octanol–water partition coefficient (Wildman–Crippen LogP) is 2.59. The van der Waals surface area contributed by atoms with Crippen LogP contribution in [-0.4, -0.2) is 15.4 Å². The summed E-state index contributed by atoms with van der Waals surface area (Å²) in [5.74, 6) is -1.44. The molecule has 0 bridgehead atoms. The molecule has 0 aliphatic rings. The van der Waals surface area contributed by atoms with Crippen LogP contribution in [0.5, 0.6) is 0 Å². The monoisotopic (exact) mass is 262 g/mol. The van der Waals surface area contributed by atoms with Crippen LogP contribution in [0.25, 0.3) is 22.4 Å². The summed E-state index contributed by atoms with van der Waals surface area (Å²) in [6.45, 7) is 0. The Kier molecular flexibility index (Phi) is 2.52. The fourth-order valence-electron chi connectivity index (χ4n) is 1.83. The van der Waals surface area contributed by atoms with Gasteiger partial charge in [0.1, 0.15) is 17.3 Å². The van der Waals surface area contributed by atoms with Crippen molar-refractivity contribution in [3.05, 3.63) is 42.2 Å². The summed E-state index contributed by atoms with van der Waals surface area (Å²) < 4.78 is 31.7. The van der Waals surface area contributed by atoms with E-state index in [4.69, 9.17) is 10.3 Å². The Morgan fingerprint density at radius 2 is 2.11 bits per heavy atom. The fraction of sp³-hybridized carbons (Fsp3) is 0. The molecule has 3 rings (SSSR count). The van der Waals surface area contributed by atoms with Crippen LogP contribution in [-0.2, 0) is 0 Å². The van der Waals surface area contributed by atoms with Crippen LogP contribution in [0.2, 0.25) is 0 Å². The van der Waals surface area contributed by atoms with Crippen molar-refractivity contribution in [1.82, 2.24) is 15.4 Å². The number of hydrogen-bond donors (Lipinski definition) is 2. The summed E-state index contributed by atoms with van der Waals surface area (Å²) in [6, 6.07) is 3.21. The number of aromatic nitrogens is 3. The van der Waals surface area contributed by atoms with Crippen LogP contribution in [0.3, 0.4) is 0 Å². The van der Waals surface area contributed by atoms with E-state index in [0.717, 1.165) is 12.1 Å². The topological polar surface area (TPSA) is 80.7 Å². The summed E-state index contributed by atoms with van der Waals surface area (Å²) in [7, 11) is 0. The molecular formula is C12H8F2N4O. The zero-order chi connectivity index (χ0) is 13.4. The van der Waals surface area contributed by atoms with Gasteiger partial charge in [-0.05, 0) is 12.1 Å². The van der Waals surface area contributed by atoms with Crippen molar-refractivity contribution < 1.29 is 13.3 Å². The molecule has 1 aromatic carbocycles. The molecule has 0 saturated heterocycles. The Bertz CT molecular complexity index is 721. The van der Waals surface area contributed by atoms with Gasteiger partial charge >= 0.3 is 0 Å². The third kappa shape index (κ3) is 1.85. The largest absolute Gasteiger partial charge is 0.367 e. The second-order valence-electron chi connectivity index (χ2n) is 3.88. The van der Waals surface area contributed by atoms with E-state index in [2.05, 4.69) is 15.4 Å². The molecule has 0 fully saturated rings. The summed E-state index contributed by atoms with van der Waals surface area (Å²) in [5.41, 5.74) is 7.01. The molecule has 19 heavy (non-hydrogen) atoms. The Hall–Kier alpha value is -2.70. The highest BCUT2D eigenvalue weighted by molar-refractivity contribution is 5.86. The maximum absolute atomic E-state index is 13.8. The number of nitrogens with two attached hydrogens (primary N) is 1. The standard InChI is InChI=1S/C12H8F2N4O/c13-7-1-2-8(9(14)3-7)10-11(18-19-12(10)15)6-4-16-17-5-6/h1-5H,15H2,(H,16,17). The minimum atomic E-state index is -0.736. The fourth-order valence-corrected chi connectivity index (χ4v) is 1.83. The van der Waals surface area contributed by atoms with Crippen molar-refractivity contribution in [2.45, 2.75) is 0 Å². The van der Waals surface area contributed by atoms with Crippen molar-refractivity contribution in [2.75, 3.05) is 5.73 Å². The molecule has 0 radical (unpaired) electrons. The molecule has 3 aromatic rings. The number of hydrogen-bond acceptors (Lipinski definition) is 4. The number of H-pyrrole nitrogens is 1. The number of nitrogen functional groups attached to an aromatic ring is 1. The van der Waals surface area contributed by atoms with E-state index in [1.165, 1.54) is 12.3 Å². The number of nitrogens with zero attached hydrogens (tertiary/aromatic N) is 2. The molecule has 3 N–H and O–H groups in total. The molecule has 0 aliphatic carbocycles.